The fourth-order valence-electron chi connectivity index (χ4n) is 0.888. The van der Waals surface area contributed by atoms with Gasteiger partial charge in [0.15, 0.2) is 0 Å². The number of aromatic nitrogens is 1. The third-order valence-corrected chi connectivity index (χ3v) is 2.34. The van der Waals surface area contributed by atoms with Crippen molar-refractivity contribution in [3.05, 3.63) is 28.5 Å². The van der Waals surface area contributed by atoms with Gasteiger partial charge in [0.05, 0.1) is 0 Å². The Bertz CT molecular complexity index is 218. The van der Waals surface area contributed by atoms with E-state index in [0.717, 1.165) is 10.9 Å². The van der Waals surface area contributed by atoms with Crippen LogP contribution < -0.4 is 0 Å². The predicted molar refractivity (Wildman–Crippen MR) is 50.6 cm³/mol. The Kier molecular flexibility index (Phi) is 3.06. The first kappa shape index (κ1) is 8.72. The molecule has 0 N–H and O–H groups in total. The van der Waals surface area contributed by atoms with Crippen molar-refractivity contribution in [1.82, 2.24) is 4.98 Å². The molecule has 1 nitrogen and oxygen atoms in total. The maximum Gasteiger partial charge on any atom is 0.0432 e. The smallest absolute Gasteiger partial charge is 0.0432 e. The molecule has 1 aromatic heterocycles. The minimum Gasteiger partial charge on any atom is -0.260 e. The Labute approximate surface area is 76.0 Å². The quantitative estimate of drug-likeness (QED) is 0.735. The Hall–Kier alpha value is -0.370. The summed E-state index contributed by atoms with van der Waals surface area (Å²) in [6.07, 6.45) is 3.00. The Morgan fingerprint density at radius 1 is 1.55 bits per heavy atom. The molecule has 0 spiro atoms. The van der Waals surface area contributed by atoms with E-state index in [1.165, 1.54) is 5.69 Å². The number of hydrogen-bond donors (Lipinski definition) is 0. The molecule has 0 radical (unpaired) electrons. The second-order valence-corrected chi connectivity index (χ2v) is 3.63. The normalized spacial score (nSPS) is 13.0. The minimum atomic E-state index is 0.572. The average Bonchev–Trinajstić information content (AvgIpc) is 2.05. The summed E-state index contributed by atoms with van der Waals surface area (Å²) in [7, 11) is 0. The van der Waals surface area contributed by atoms with Gasteiger partial charge in [-0.05, 0) is 40.4 Å². The van der Waals surface area contributed by atoms with E-state index in [-0.39, 0.29) is 0 Å². The highest BCUT2D eigenvalue weighted by Gasteiger charge is 2.02. The molecule has 0 saturated carbocycles. The van der Waals surface area contributed by atoms with Crippen LogP contribution in [0.15, 0.2) is 22.8 Å². The van der Waals surface area contributed by atoms with Gasteiger partial charge in [-0.15, -0.1) is 0 Å². The molecule has 1 atom stereocenters. The molecule has 0 fully saturated rings. The average molecular weight is 214 g/mol. The number of halogens is 1. The van der Waals surface area contributed by atoms with Crippen LogP contribution in [0.4, 0.5) is 0 Å². The maximum absolute atomic E-state index is 4.30. The third kappa shape index (κ3) is 2.29. The van der Waals surface area contributed by atoms with E-state index in [1.54, 1.807) is 0 Å². The number of pyridine rings is 1. The van der Waals surface area contributed by atoms with Crippen molar-refractivity contribution >= 4 is 15.9 Å². The SMILES string of the molecule is CCC(C)c1ccc(Br)cn1. The van der Waals surface area contributed by atoms with Crippen LogP contribution >= 0.6 is 15.9 Å². The molecule has 1 unspecified atom stereocenters. The zero-order valence-corrected chi connectivity index (χ0v) is 8.43. The van der Waals surface area contributed by atoms with Gasteiger partial charge in [-0.2, -0.15) is 0 Å². The molecule has 0 amide bonds. The van der Waals surface area contributed by atoms with E-state index in [4.69, 9.17) is 0 Å². The molecule has 1 aromatic rings. The van der Waals surface area contributed by atoms with Crippen LogP contribution in [0.5, 0.6) is 0 Å². The zero-order valence-electron chi connectivity index (χ0n) is 6.84. The molecule has 11 heavy (non-hydrogen) atoms. The summed E-state index contributed by atoms with van der Waals surface area (Å²) in [6.45, 7) is 4.37. The van der Waals surface area contributed by atoms with Crippen molar-refractivity contribution < 1.29 is 0 Å². The van der Waals surface area contributed by atoms with E-state index in [1.807, 2.05) is 12.3 Å². The summed E-state index contributed by atoms with van der Waals surface area (Å²) in [4.78, 5) is 4.30. The Balaban J connectivity index is 2.81. The lowest BCUT2D eigenvalue weighted by Gasteiger charge is -2.06. The predicted octanol–water partition coefficient (Wildman–Crippen LogP) is 3.36. The molecule has 1 heterocycles. The highest BCUT2D eigenvalue weighted by molar-refractivity contribution is 9.10. The monoisotopic (exact) mass is 213 g/mol. The maximum atomic E-state index is 4.30. The van der Waals surface area contributed by atoms with E-state index in [0.29, 0.717) is 5.92 Å². The highest BCUT2D eigenvalue weighted by atomic mass is 79.9. The van der Waals surface area contributed by atoms with Crippen LogP contribution in [-0.4, -0.2) is 4.98 Å². The van der Waals surface area contributed by atoms with Crippen LogP contribution in [0, 0.1) is 0 Å². The lowest BCUT2D eigenvalue weighted by atomic mass is 10.1. The molecule has 60 valence electrons. The summed E-state index contributed by atoms with van der Waals surface area (Å²) in [6, 6.07) is 4.10. The molecule has 0 aliphatic carbocycles. The van der Waals surface area contributed by atoms with Gasteiger partial charge in [0.2, 0.25) is 0 Å². The van der Waals surface area contributed by atoms with Crippen LogP contribution in [0.2, 0.25) is 0 Å². The van der Waals surface area contributed by atoms with E-state index >= 15 is 0 Å². The summed E-state index contributed by atoms with van der Waals surface area (Å²) in [5.74, 6) is 0.572. The first-order chi connectivity index (χ1) is 5.24. The van der Waals surface area contributed by atoms with Crippen LogP contribution in [0.3, 0.4) is 0 Å². The molecule has 0 aromatic carbocycles. The largest absolute Gasteiger partial charge is 0.260 e. The molecule has 0 saturated heterocycles. The molecule has 0 bridgehead atoms. The van der Waals surface area contributed by atoms with Gasteiger partial charge < -0.3 is 0 Å². The minimum absolute atomic E-state index is 0.572. The Morgan fingerprint density at radius 3 is 2.73 bits per heavy atom. The van der Waals surface area contributed by atoms with Crippen molar-refractivity contribution in [2.24, 2.45) is 0 Å². The highest BCUT2D eigenvalue weighted by Crippen LogP contribution is 2.17. The molecular weight excluding hydrogens is 202 g/mol. The van der Waals surface area contributed by atoms with E-state index in [2.05, 4.69) is 40.8 Å². The second-order valence-electron chi connectivity index (χ2n) is 2.71. The van der Waals surface area contributed by atoms with E-state index < -0.39 is 0 Å². The number of nitrogens with zero attached hydrogens (tertiary/aromatic N) is 1. The standard InChI is InChI=1S/C9H12BrN/c1-3-7(2)9-5-4-8(10)6-11-9/h4-7H,3H2,1-2H3. The van der Waals surface area contributed by atoms with Crippen LogP contribution in [0.1, 0.15) is 31.9 Å². The lowest BCUT2D eigenvalue weighted by molar-refractivity contribution is 0.707. The zero-order chi connectivity index (χ0) is 8.27. The number of rotatable bonds is 2. The third-order valence-electron chi connectivity index (χ3n) is 1.87. The van der Waals surface area contributed by atoms with Crippen molar-refractivity contribution in [1.29, 1.82) is 0 Å². The Morgan fingerprint density at radius 2 is 2.27 bits per heavy atom. The van der Waals surface area contributed by atoms with Gasteiger partial charge in [-0.25, -0.2) is 0 Å². The lowest BCUT2D eigenvalue weighted by Crippen LogP contribution is -1.93. The summed E-state index contributed by atoms with van der Waals surface area (Å²) in [5.41, 5.74) is 1.18. The van der Waals surface area contributed by atoms with Gasteiger partial charge >= 0.3 is 0 Å². The summed E-state index contributed by atoms with van der Waals surface area (Å²) in [5, 5.41) is 0. The van der Waals surface area contributed by atoms with Crippen molar-refractivity contribution in [2.75, 3.05) is 0 Å². The topological polar surface area (TPSA) is 12.9 Å². The van der Waals surface area contributed by atoms with Gasteiger partial charge in [0.25, 0.3) is 0 Å². The fourth-order valence-corrected chi connectivity index (χ4v) is 1.12. The van der Waals surface area contributed by atoms with Gasteiger partial charge in [0.1, 0.15) is 0 Å². The fraction of sp³-hybridized carbons (Fsp3) is 0.444. The molecule has 2 heteroatoms. The van der Waals surface area contributed by atoms with E-state index in [9.17, 15) is 0 Å². The van der Waals surface area contributed by atoms with Gasteiger partial charge in [-0.1, -0.05) is 13.8 Å². The summed E-state index contributed by atoms with van der Waals surface area (Å²) >= 11 is 3.35. The molecule has 1 rings (SSSR count). The van der Waals surface area contributed by atoms with Crippen LogP contribution in [-0.2, 0) is 0 Å². The van der Waals surface area contributed by atoms with Crippen molar-refractivity contribution in [2.45, 2.75) is 26.2 Å². The van der Waals surface area contributed by atoms with Crippen molar-refractivity contribution in [3.8, 4) is 0 Å². The molecule has 0 aliphatic heterocycles. The van der Waals surface area contributed by atoms with Crippen LogP contribution in [0.25, 0.3) is 0 Å². The molecule has 0 aliphatic rings. The summed E-state index contributed by atoms with van der Waals surface area (Å²) < 4.78 is 1.05. The number of hydrogen-bond acceptors (Lipinski definition) is 1. The first-order valence-corrected chi connectivity index (χ1v) is 4.64. The van der Waals surface area contributed by atoms with Gasteiger partial charge in [-0.3, -0.25) is 4.98 Å². The second kappa shape index (κ2) is 3.86. The van der Waals surface area contributed by atoms with Crippen molar-refractivity contribution in [3.63, 3.8) is 0 Å². The first-order valence-electron chi connectivity index (χ1n) is 3.85. The molecular formula is C9H12BrN. The van der Waals surface area contributed by atoms with Gasteiger partial charge in [0, 0.05) is 16.4 Å².